The summed E-state index contributed by atoms with van der Waals surface area (Å²) in [6, 6.07) is 14.7. The van der Waals surface area contributed by atoms with Crippen LogP contribution in [0, 0.1) is 0 Å². The molecule has 2 aromatic carbocycles. The van der Waals surface area contributed by atoms with Crippen LogP contribution in [0.5, 0.6) is 0 Å². The molecule has 0 bridgehead atoms. The fraction of sp³-hybridized carbons (Fsp3) is 0.143. The highest BCUT2D eigenvalue weighted by molar-refractivity contribution is 7.84. The van der Waals surface area contributed by atoms with Crippen LogP contribution < -0.4 is 10.9 Å². The van der Waals surface area contributed by atoms with Crippen LogP contribution in [0.3, 0.4) is 0 Å². The summed E-state index contributed by atoms with van der Waals surface area (Å²) in [7, 11) is -2.08. The molecule has 2 rings (SSSR count). The molecule has 2 unspecified atom stereocenters. The third-order valence-electron chi connectivity index (χ3n) is 2.70. The van der Waals surface area contributed by atoms with Crippen molar-refractivity contribution in [1.82, 2.24) is 0 Å². The van der Waals surface area contributed by atoms with E-state index in [1.165, 1.54) is 0 Å². The van der Waals surface area contributed by atoms with Crippen LogP contribution in [0.15, 0.2) is 58.3 Å². The van der Waals surface area contributed by atoms with E-state index in [0.29, 0.717) is 0 Å². The zero-order chi connectivity index (χ0) is 14.5. The fourth-order valence-corrected chi connectivity index (χ4v) is 2.97. The standard InChI is InChI=1S/C14H16N2O2S2/c1-19(17)12-7-5-6-11(10-12)15-16-13-8-3-4-9-14(13)20(2)18/h3-10,15-16H,1-2H3. The van der Waals surface area contributed by atoms with Gasteiger partial charge in [0.2, 0.25) is 0 Å². The summed E-state index contributed by atoms with van der Waals surface area (Å²) in [6.07, 6.45) is 3.28. The van der Waals surface area contributed by atoms with E-state index in [-0.39, 0.29) is 0 Å². The first-order chi connectivity index (χ1) is 9.58. The molecule has 0 aliphatic carbocycles. The van der Waals surface area contributed by atoms with Gasteiger partial charge in [0.05, 0.1) is 27.1 Å². The first kappa shape index (κ1) is 14.7. The van der Waals surface area contributed by atoms with Crippen molar-refractivity contribution in [2.45, 2.75) is 9.79 Å². The lowest BCUT2D eigenvalue weighted by atomic mass is 10.3. The molecule has 0 radical (unpaired) electrons. The lowest BCUT2D eigenvalue weighted by Gasteiger charge is -2.13. The van der Waals surface area contributed by atoms with Gasteiger partial charge < -0.3 is 5.43 Å². The molecule has 0 saturated carbocycles. The van der Waals surface area contributed by atoms with Crippen molar-refractivity contribution in [3.8, 4) is 0 Å². The van der Waals surface area contributed by atoms with Gasteiger partial charge in [-0.05, 0) is 30.3 Å². The van der Waals surface area contributed by atoms with Crippen molar-refractivity contribution in [3.05, 3.63) is 48.5 Å². The molecular formula is C14H16N2O2S2. The average molecular weight is 308 g/mol. The Labute approximate surface area is 123 Å². The normalized spacial score (nSPS) is 13.5. The van der Waals surface area contributed by atoms with E-state index in [9.17, 15) is 8.42 Å². The molecule has 0 aliphatic heterocycles. The van der Waals surface area contributed by atoms with Crippen LogP contribution in [0.2, 0.25) is 0 Å². The van der Waals surface area contributed by atoms with Crippen LogP contribution in [0.25, 0.3) is 0 Å². The molecule has 0 saturated heterocycles. The summed E-state index contributed by atoms with van der Waals surface area (Å²) in [4.78, 5) is 1.49. The third-order valence-corrected chi connectivity index (χ3v) is 4.60. The Morgan fingerprint density at radius 1 is 0.850 bits per heavy atom. The smallest absolute Gasteiger partial charge is 0.0701 e. The van der Waals surface area contributed by atoms with Gasteiger partial charge in [-0.2, -0.15) is 0 Å². The molecular weight excluding hydrogens is 292 g/mol. The Bertz CT molecular complexity index is 659. The third kappa shape index (κ3) is 3.68. The lowest BCUT2D eigenvalue weighted by Crippen LogP contribution is -2.11. The zero-order valence-corrected chi connectivity index (χ0v) is 12.9. The van der Waals surface area contributed by atoms with E-state index < -0.39 is 21.6 Å². The number of hydrazine groups is 1. The Balaban J connectivity index is 2.15. The maximum atomic E-state index is 11.6. The van der Waals surface area contributed by atoms with Crippen LogP contribution >= 0.6 is 0 Å². The number of hydrogen-bond donors (Lipinski definition) is 2. The molecule has 0 amide bonds. The Kier molecular flexibility index (Phi) is 4.92. The number of para-hydroxylation sites is 1. The predicted molar refractivity (Wildman–Crippen MR) is 84.8 cm³/mol. The minimum atomic E-state index is -1.06. The molecule has 6 heteroatoms. The van der Waals surface area contributed by atoms with Crippen molar-refractivity contribution >= 4 is 33.0 Å². The number of nitrogens with one attached hydrogen (secondary N) is 2. The summed E-state index contributed by atoms with van der Waals surface area (Å²) in [5.74, 6) is 0. The predicted octanol–water partition coefficient (Wildman–Crippen LogP) is 2.60. The summed E-state index contributed by atoms with van der Waals surface area (Å²) >= 11 is 0. The molecule has 2 N–H and O–H groups in total. The summed E-state index contributed by atoms with van der Waals surface area (Å²) in [5, 5.41) is 0. The van der Waals surface area contributed by atoms with Crippen molar-refractivity contribution in [2.24, 2.45) is 0 Å². The fourth-order valence-electron chi connectivity index (χ4n) is 1.71. The minimum absolute atomic E-state index is 0.732. The van der Waals surface area contributed by atoms with Crippen LogP contribution in [-0.2, 0) is 21.6 Å². The molecule has 20 heavy (non-hydrogen) atoms. The van der Waals surface area contributed by atoms with Gasteiger partial charge in [-0.1, -0.05) is 18.2 Å². The summed E-state index contributed by atoms with van der Waals surface area (Å²) < 4.78 is 23.1. The second-order valence-corrected chi connectivity index (χ2v) is 6.91. The van der Waals surface area contributed by atoms with Crippen molar-refractivity contribution in [3.63, 3.8) is 0 Å². The van der Waals surface area contributed by atoms with Crippen molar-refractivity contribution in [2.75, 3.05) is 23.4 Å². The van der Waals surface area contributed by atoms with Crippen LogP contribution in [-0.4, -0.2) is 20.9 Å². The molecule has 2 aromatic rings. The van der Waals surface area contributed by atoms with Gasteiger partial charge >= 0.3 is 0 Å². The molecule has 2 atom stereocenters. The van der Waals surface area contributed by atoms with E-state index in [4.69, 9.17) is 0 Å². The maximum Gasteiger partial charge on any atom is 0.0701 e. The van der Waals surface area contributed by atoms with E-state index in [2.05, 4.69) is 10.9 Å². The SMILES string of the molecule is CS(=O)c1cccc(NNc2ccccc2S(C)=O)c1. The highest BCUT2D eigenvalue weighted by Crippen LogP contribution is 2.19. The second kappa shape index (κ2) is 6.67. The molecule has 0 heterocycles. The Hall–Kier alpha value is -1.66. The number of rotatable bonds is 5. The topological polar surface area (TPSA) is 58.2 Å². The van der Waals surface area contributed by atoms with E-state index >= 15 is 0 Å². The van der Waals surface area contributed by atoms with Crippen molar-refractivity contribution in [1.29, 1.82) is 0 Å². The Morgan fingerprint density at radius 2 is 1.60 bits per heavy atom. The van der Waals surface area contributed by atoms with Gasteiger partial charge in [0, 0.05) is 28.2 Å². The molecule has 4 nitrogen and oxygen atoms in total. The summed E-state index contributed by atoms with van der Waals surface area (Å²) in [5.41, 5.74) is 7.63. The highest BCUT2D eigenvalue weighted by atomic mass is 32.2. The zero-order valence-electron chi connectivity index (χ0n) is 11.3. The van der Waals surface area contributed by atoms with Crippen LogP contribution in [0.1, 0.15) is 0 Å². The average Bonchev–Trinajstić information content (AvgIpc) is 2.45. The van der Waals surface area contributed by atoms with Gasteiger partial charge in [0.15, 0.2) is 0 Å². The molecule has 106 valence electrons. The first-order valence-corrected chi connectivity index (χ1v) is 9.07. The van der Waals surface area contributed by atoms with Gasteiger partial charge in [0.1, 0.15) is 0 Å². The van der Waals surface area contributed by atoms with Gasteiger partial charge in [-0.15, -0.1) is 0 Å². The minimum Gasteiger partial charge on any atom is -0.301 e. The van der Waals surface area contributed by atoms with Gasteiger partial charge in [-0.3, -0.25) is 13.8 Å². The molecule has 0 aliphatic rings. The van der Waals surface area contributed by atoms with Crippen molar-refractivity contribution < 1.29 is 8.42 Å². The number of benzene rings is 2. The molecule has 0 fully saturated rings. The monoisotopic (exact) mass is 308 g/mol. The number of anilines is 2. The highest BCUT2D eigenvalue weighted by Gasteiger charge is 2.05. The Morgan fingerprint density at radius 3 is 2.30 bits per heavy atom. The second-order valence-electron chi connectivity index (χ2n) is 4.18. The largest absolute Gasteiger partial charge is 0.301 e. The van der Waals surface area contributed by atoms with E-state index in [0.717, 1.165) is 21.2 Å². The molecule has 0 spiro atoms. The number of hydrogen-bond acceptors (Lipinski definition) is 4. The van der Waals surface area contributed by atoms with Gasteiger partial charge in [-0.25, -0.2) is 0 Å². The van der Waals surface area contributed by atoms with Crippen LogP contribution in [0.4, 0.5) is 11.4 Å². The van der Waals surface area contributed by atoms with Gasteiger partial charge in [0.25, 0.3) is 0 Å². The van der Waals surface area contributed by atoms with E-state index in [1.54, 1.807) is 12.5 Å². The summed E-state index contributed by atoms with van der Waals surface area (Å²) in [6.45, 7) is 0. The maximum absolute atomic E-state index is 11.6. The quantitative estimate of drug-likeness (QED) is 0.834. The first-order valence-electron chi connectivity index (χ1n) is 5.96. The molecule has 0 aromatic heterocycles. The lowest BCUT2D eigenvalue weighted by molar-refractivity contribution is 0.686. The van der Waals surface area contributed by atoms with E-state index in [1.807, 2.05) is 48.5 Å².